The van der Waals surface area contributed by atoms with Crippen LogP contribution in [0.1, 0.15) is 52.3 Å². The molecule has 0 spiro atoms. The Morgan fingerprint density at radius 3 is 2.10 bits per heavy atom. The molecule has 1 aromatic heterocycles. The minimum absolute atomic E-state index is 0.255. The van der Waals surface area contributed by atoms with Crippen molar-refractivity contribution in [3.05, 3.63) is 18.1 Å². The van der Waals surface area contributed by atoms with Crippen LogP contribution in [0.4, 0.5) is 23.8 Å². The molecule has 1 amide bonds. The first-order valence-electron chi connectivity index (χ1n) is 10.2. The fourth-order valence-corrected chi connectivity index (χ4v) is 4.14. The van der Waals surface area contributed by atoms with Gasteiger partial charge in [-0.2, -0.15) is 13.2 Å². The van der Waals surface area contributed by atoms with Crippen LogP contribution >= 0.6 is 0 Å². The van der Waals surface area contributed by atoms with E-state index in [0.717, 1.165) is 25.7 Å². The van der Waals surface area contributed by atoms with Crippen LogP contribution in [-0.2, 0) is 10.9 Å². The summed E-state index contributed by atoms with van der Waals surface area (Å²) in [7, 11) is 0. The standard InChI is InChI=1S/C20H29F3N4O2/c1-19(2,3)29-18(28)27-12-7-15(8-13-27)14-5-10-26(11-6-14)16-4-9-24-17(25-16)20(21,22)23/h4,9,14-15H,5-8,10-13H2,1-3H3. The van der Waals surface area contributed by atoms with Gasteiger partial charge in [0.2, 0.25) is 5.82 Å². The van der Waals surface area contributed by atoms with Gasteiger partial charge < -0.3 is 14.5 Å². The fraction of sp³-hybridized carbons (Fsp3) is 0.750. The smallest absolute Gasteiger partial charge is 0.444 e. The molecular weight excluding hydrogens is 385 g/mol. The molecule has 0 N–H and O–H groups in total. The highest BCUT2D eigenvalue weighted by molar-refractivity contribution is 5.68. The SMILES string of the molecule is CC(C)(C)OC(=O)N1CCC(C2CCN(c3ccnc(C(F)(F)F)n3)CC2)CC1. The second-order valence-corrected chi connectivity index (χ2v) is 8.87. The van der Waals surface area contributed by atoms with E-state index in [-0.39, 0.29) is 6.09 Å². The zero-order valence-corrected chi connectivity index (χ0v) is 17.2. The monoisotopic (exact) mass is 414 g/mol. The number of amides is 1. The van der Waals surface area contributed by atoms with Crippen LogP contribution in [0.25, 0.3) is 0 Å². The van der Waals surface area contributed by atoms with Crippen molar-refractivity contribution in [2.45, 2.75) is 58.2 Å². The van der Waals surface area contributed by atoms with E-state index in [4.69, 9.17) is 4.74 Å². The topological polar surface area (TPSA) is 58.6 Å². The van der Waals surface area contributed by atoms with E-state index in [2.05, 4.69) is 9.97 Å². The zero-order valence-electron chi connectivity index (χ0n) is 17.2. The minimum atomic E-state index is -4.53. The van der Waals surface area contributed by atoms with Gasteiger partial charge in [-0.3, -0.25) is 0 Å². The average molecular weight is 414 g/mol. The number of anilines is 1. The van der Waals surface area contributed by atoms with Crippen molar-refractivity contribution in [2.24, 2.45) is 11.8 Å². The summed E-state index contributed by atoms with van der Waals surface area (Å²) in [5.41, 5.74) is -0.492. The van der Waals surface area contributed by atoms with E-state index in [1.54, 1.807) is 4.90 Å². The zero-order chi connectivity index (χ0) is 21.2. The van der Waals surface area contributed by atoms with E-state index in [0.29, 0.717) is 43.8 Å². The third-order valence-corrected chi connectivity index (χ3v) is 5.62. The Morgan fingerprint density at radius 1 is 1.03 bits per heavy atom. The van der Waals surface area contributed by atoms with Gasteiger partial charge in [-0.15, -0.1) is 0 Å². The lowest BCUT2D eigenvalue weighted by atomic mass is 9.79. The highest BCUT2D eigenvalue weighted by atomic mass is 19.4. The number of alkyl halides is 3. The average Bonchev–Trinajstić information content (AvgIpc) is 2.66. The molecule has 0 radical (unpaired) electrons. The molecule has 0 atom stereocenters. The summed E-state index contributed by atoms with van der Waals surface area (Å²) < 4.78 is 44.0. The molecule has 0 saturated carbocycles. The minimum Gasteiger partial charge on any atom is -0.444 e. The molecule has 2 saturated heterocycles. The molecule has 2 fully saturated rings. The van der Waals surface area contributed by atoms with Crippen molar-refractivity contribution < 1.29 is 22.7 Å². The quantitative estimate of drug-likeness (QED) is 0.720. The lowest BCUT2D eigenvalue weighted by molar-refractivity contribution is -0.144. The number of halogens is 3. The number of rotatable bonds is 2. The summed E-state index contributed by atoms with van der Waals surface area (Å²) >= 11 is 0. The number of nitrogens with zero attached hydrogens (tertiary/aromatic N) is 4. The van der Waals surface area contributed by atoms with Crippen molar-refractivity contribution in [2.75, 3.05) is 31.1 Å². The third-order valence-electron chi connectivity index (χ3n) is 5.62. The van der Waals surface area contributed by atoms with Gasteiger partial charge in [0.15, 0.2) is 0 Å². The van der Waals surface area contributed by atoms with Gasteiger partial charge in [-0.05, 0) is 64.4 Å². The third kappa shape index (κ3) is 5.73. The number of carbonyl (C=O) groups excluding carboxylic acids is 1. The van der Waals surface area contributed by atoms with Gasteiger partial charge >= 0.3 is 12.3 Å². The fourth-order valence-electron chi connectivity index (χ4n) is 4.14. The Bertz CT molecular complexity index is 704. The second-order valence-electron chi connectivity index (χ2n) is 8.87. The van der Waals surface area contributed by atoms with E-state index >= 15 is 0 Å². The van der Waals surface area contributed by atoms with Crippen molar-refractivity contribution in [1.82, 2.24) is 14.9 Å². The van der Waals surface area contributed by atoms with Gasteiger partial charge in [0.25, 0.3) is 0 Å². The first kappa shape index (κ1) is 21.6. The van der Waals surface area contributed by atoms with Gasteiger partial charge in [-0.1, -0.05) is 0 Å². The maximum absolute atomic E-state index is 12.8. The van der Waals surface area contributed by atoms with E-state index in [1.165, 1.54) is 12.3 Å². The molecule has 162 valence electrons. The summed E-state index contributed by atoms with van der Waals surface area (Å²) in [5.74, 6) is 0.306. The Kier molecular flexibility index (Phi) is 6.24. The van der Waals surface area contributed by atoms with Crippen molar-refractivity contribution in [1.29, 1.82) is 0 Å². The summed E-state index contributed by atoms with van der Waals surface area (Å²) in [5, 5.41) is 0. The molecule has 0 unspecified atom stereocenters. The van der Waals surface area contributed by atoms with Gasteiger partial charge in [0.05, 0.1) is 0 Å². The molecule has 9 heteroatoms. The predicted octanol–water partition coefficient (Wildman–Crippen LogP) is 4.36. The highest BCUT2D eigenvalue weighted by Crippen LogP contribution is 2.34. The largest absolute Gasteiger partial charge is 0.451 e. The maximum Gasteiger partial charge on any atom is 0.451 e. The second kappa shape index (κ2) is 8.36. The highest BCUT2D eigenvalue weighted by Gasteiger charge is 2.36. The lowest BCUT2D eigenvalue weighted by Crippen LogP contribution is -2.44. The number of aromatic nitrogens is 2. The van der Waals surface area contributed by atoms with E-state index < -0.39 is 17.6 Å². The number of piperidine rings is 2. The van der Waals surface area contributed by atoms with Crippen LogP contribution in [0.3, 0.4) is 0 Å². The Balaban J connectivity index is 1.49. The molecule has 29 heavy (non-hydrogen) atoms. The summed E-state index contributed by atoms with van der Waals surface area (Å²) in [6, 6.07) is 1.54. The Labute approximate surface area is 169 Å². The molecule has 3 heterocycles. The number of likely N-dealkylation sites (tertiary alicyclic amines) is 1. The number of hydrogen-bond acceptors (Lipinski definition) is 5. The van der Waals surface area contributed by atoms with Crippen LogP contribution < -0.4 is 4.90 Å². The van der Waals surface area contributed by atoms with Crippen LogP contribution in [-0.4, -0.2) is 52.7 Å². The summed E-state index contributed by atoms with van der Waals surface area (Å²) in [6.07, 6.45) is 0.103. The molecule has 0 aromatic carbocycles. The van der Waals surface area contributed by atoms with E-state index in [1.807, 2.05) is 25.7 Å². The molecule has 2 aliphatic rings. The first-order valence-corrected chi connectivity index (χ1v) is 10.2. The van der Waals surface area contributed by atoms with E-state index in [9.17, 15) is 18.0 Å². The van der Waals surface area contributed by atoms with Gasteiger partial charge in [0, 0.05) is 32.4 Å². The molecular formula is C20H29F3N4O2. The van der Waals surface area contributed by atoms with Crippen molar-refractivity contribution >= 4 is 11.9 Å². The molecule has 3 rings (SSSR count). The van der Waals surface area contributed by atoms with Crippen LogP contribution in [0.5, 0.6) is 0 Å². The first-order chi connectivity index (χ1) is 13.5. The summed E-state index contributed by atoms with van der Waals surface area (Å²) in [4.78, 5) is 22.9. The predicted molar refractivity (Wildman–Crippen MR) is 103 cm³/mol. The Morgan fingerprint density at radius 2 is 1.59 bits per heavy atom. The number of carbonyl (C=O) groups is 1. The molecule has 0 aliphatic carbocycles. The molecule has 2 aliphatic heterocycles. The van der Waals surface area contributed by atoms with Crippen molar-refractivity contribution in [3.63, 3.8) is 0 Å². The van der Waals surface area contributed by atoms with Gasteiger partial charge in [-0.25, -0.2) is 14.8 Å². The Hall–Kier alpha value is -2.06. The normalized spacial score (nSPS) is 20.1. The molecule has 6 nitrogen and oxygen atoms in total. The molecule has 1 aromatic rings. The van der Waals surface area contributed by atoms with Crippen LogP contribution in [0.2, 0.25) is 0 Å². The summed E-state index contributed by atoms with van der Waals surface area (Å²) in [6.45, 7) is 8.35. The number of ether oxygens (including phenoxy) is 1. The van der Waals surface area contributed by atoms with Crippen molar-refractivity contribution in [3.8, 4) is 0 Å². The van der Waals surface area contributed by atoms with Crippen LogP contribution in [0.15, 0.2) is 12.3 Å². The lowest BCUT2D eigenvalue weighted by Gasteiger charge is -2.40. The van der Waals surface area contributed by atoms with Crippen LogP contribution in [0, 0.1) is 11.8 Å². The molecule has 0 bridgehead atoms. The maximum atomic E-state index is 12.8. The van der Waals surface area contributed by atoms with Gasteiger partial charge in [0.1, 0.15) is 11.4 Å². The number of hydrogen-bond donors (Lipinski definition) is 0.